The van der Waals surface area contributed by atoms with Gasteiger partial charge in [-0.05, 0) is 48.9 Å². The fourth-order valence-electron chi connectivity index (χ4n) is 8.67. The first-order chi connectivity index (χ1) is 38.1. The van der Waals surface area contributed by atoms with E-state index in [1.165, 1.54) is 6.20 Å². The number of hydrogen-bond acceptors (Lipinski definition) is 16. The van der Waals surface area contributed by atoms with E-state index in [0.717, 1.165) is 4.90 Å². The van der Waals surface area contributed by atoms with E-state index in [4.69, 9.17) is 16.6 Å². The van der Waals surface area contributed by atoms with Gasteiger partial charge in [-0.3, -0.25) is 52.7 Å². The molecule has 1 aliphatic heterocycles. The molecule has 2 aromatic heterocycles. The van der Waals surface area contributed by atoms with Gasteiger partial charge in [-0.15, -0.1) is 0 Å². The summed E-state index contributed by atoms with van der Waals surface area (Å²) in [4.78, 5) is 164. The predicted molar refractivity (Wildman–Crippen MR) is 279 cm³/mol. The van der Waals surface area contributed by atoms with Gasteiger partial charge in [-0.2, -0.15) is 0 Å². The molecule has 1 saturated heterocycles. The first kappa shape index (κ1) is 61.8. The predicted octanol–water partition coefficient (Wildman–Crippen LogP) is -5.91. The second kappa shape index (κ2) is 29.7. The quantitative estimate of drug-likeness (QED) is 0.0223. The van der Waals surface area contributed by atoms with Gasteiger partial charge in [-0.1, -0.05) is 36.4 Å². The zero-order valence-electron chi connectivity index (χ0n) is 43.0. The smallest absolute Gasteiger partial charge is 0.326 e. The Morgan fingerprint density at radius 1 is 0.562 bits per heavy atom. The van der Waals surface area contributed by atoms with E-state index in [-0.39, 0.29) is 32.2 Å². The molecule has 1 fully saturated rings. The van der Waals surface area contributed by atoms with Crippen LogP contribution in [0.5, 0.6) is 0 Å². The third kappa shape index (κ3) is 17.5. The molecule has 30 nitrogen and oxygen atoms in total. The Bertz CT molecular complexity index is 2930. The van der Waals surface area contributed by atoms with Crippen LogP contribution in [-0.2, 0) is 70.4 Å². The number of aliphatic hydroxyl groups excluding tert-OH is 3. The van der Waals surface area contributed by atoms with E-state index >= 15 is 0 Å². The standard InChI is InChI=1S/C50H65N13O17/c51-29(22-64)43(72)55-20-41(69)58-36(23-65)47(76)60-34(16-25-18-53-30-8-3-1-6-27(25)30)44(73)56-21-40(68)57-32(12-14-42(70)71)45(74)61-35(17-26-19-54-31-9-4-2-7-28(26)31)46(75)62-37(24-66)48(77)59-33(11-13-39(52)67)49(78)63-15-5-10-38(63)50(79)80/h1-4,6-9,18-19,29,32-38,53-54,64-66H,5,10-17,20-24,51H2,(H2,52,67)(H,55,72)(H,56,73)(H,57,68)(H,58,69)(H,59,77)(H,60,76)(H,61,74)(H,62,75)(H,70,71)(H,79,80)/t29-,32-,33-,34-,35-,36-,37-,38-/m0/s1. The molecule has 3 heterocycles. The summed E-state index contributed by atoms with van der Waals surface area (Å²) >= 11 is 0. The zero-order chi connectivity index (χ0) is 58.6. The molecule has 10 amide bonds. The number of hydrogen-bond donors (Lipinski definition) is 17. The number of primary amides is 1. The molecule has 8 atom stereocenters. The van der Waals surface area contributed by atoms with Gasteiger partial charge < -0.3 is 94.4 Å². The molecule has 80 heavy (non-hydrogen) atoms. The molecule has 0 spiro atoms. The number of amides is 10. The van der Waals surface area contributed by atoms with Gasteiger partial charge in [0.05, 0.1) is 32.9 Å². The number of aromatic amines is 2. The van der Waals surface area contributed by atoms with Crippen molar-refractivity contribution < 1.29 is 83.1 Å². The van der Waals surface area contributed by atoms with Crippen LogP contribution in [-0.4, -0.2) is 199 Å². The summed E-state index contributed by atoms with van der Waals surface area (Å²) in [6.07, 6.45) is 0.934. The van der Waals surface area contributed by atoms with Crippen molar-refractivity contribution in [3.8, 4) is 0 Å². The molecule has 5 rings (SSSR count). The number of nitrogens with one attached hydrogen (secondary N) is 10. The summed E-state index contributed by atoms with van der Waals surface area (Å²) in [5.41, 5.74) is 13.0. The van der Waals surface area contributed by atoms with Gasteiger partial charge in [0.25, 0.3) is 0 Å². The molecule has 1 aliphatic rings. The summed E-state index contributed by atoms with van der Waals surface area (Å²) in [5, 5.41) is 68.7. The normalized spacial score (nSPS) is 15.7. The van der Waals surface area contributed by atoms with Crippen molar-refractivity contribution in [3.63, 3.8) is 0 Å². The first-order valence-corrected chi connectivity index (χ1v) is 25.2. The summed E-state index contributed by atoms with van der Waals surface area (Å²) < 4.78 is 0. The highest BCUT2D eigenvalue weighted by molar-refractivity contribution is 5.99. The Kier molecular flexibility index (Phi) is 22.9. The second-order valence-corrected chi connectivity index (χ2v) is 18.7. The van der Waals surface area contributed by atoms with Crippen LogP contribution < -0.4 is 54.0 Å². The van der Waals surface area contributed by atoms with Gasteiger partial charge in [0.1, 0.15) is 48.3 Å². The highest BCUT2D eigenvalue weighted by Crippen LogP contribution is 2.22. The molecule has 0 radical (unpaired) electrons. The maximum absolute atomic E-state index is 14.2. The molecular weight excluding hydrogens is 1050 g/mol. The van der Waals surface area contributed by atoms with E-state index in [9.17, 15) is 78.0 Å². The highest BCUT2D eigenvalue weighted by Gasteiger charge is 2.39. The van der Waals surface area contributed by atoms with Crippen molar-refractivity contribution >= 4 is 92.8 Å². The monoisotopic (exact) mass is 1120 g/mol. The highest BCUT2D eigenvalue weighted by atomic mass is 16.4. The summed E-state index contributed by atoms with van der Waals surface area (Å²) in [6, 6.07) is 1.30. The van der Waals surface area contributed by atoms with Crippen LogP contribution in [0.4, 0.5) is 0 Å². The molecule has 19 N–H and O–H groups in total. The minimum absolute atomic E-state index is 0.0239. The molecular formula is C50H65N13O17. The number of H-pyrrole nitrogens is 2. The van der Waals surface area contributed by atoms with Crippen LogP contribution >= 0.6 is 0 Å². The summed E-state index contributed by atoms with van der Waals surface area (Å²) in [5.74, 6) is -12.7. The lowest BCUT2D eigenvalue weighted by Gasteiger charge is -2.29. The maximum Gasteiger partial charge on any atom is 0.326 e. The van der Waals surface area contributed by atoms with Crippen LogP contribution in [0.3, 0.4) is 0 Å². The Morgan fingerprint density at radius 3 is 1.52 bits per heavy atom. The molecule has 0 bridgehead atoms. The van der Waals surface area contributed by atoms with Crippen LogP contribution in [0.1, 0.15) is 49.7 Å². The Balaban J connectivity index is 1.33. The van der Waals surface area contributed by atoms with Crippen molar-refractivity contribution in [2.45, 2.75) is 99.7 Å². The number of aliphatic hydroxyl groups is 3. The van der Waals surface area contributed by atoms with Crippen molar-refractivity contribution in [1.82, 2.24) is 57.4 Å². The molecule has 0 saturated carbocycles. The number of nitrogens with zero attached hydrogens (tertiary/aromatic N) is 1. The van der Waals surface area contributed by atoms with Gasteiger partial charge in [0, 0.05) is 66.4 Å². The SMILES string of the molecule is NC(=O)CC[C@H](NC(=O)[C@H](CO)NC(=O)[C@H](Cc1c[nH]c2ccccc12)NC(=O)[C@H](CCC(=O)O)NC(=O)CNC(=O)[C@H](Cc1c[nH]c2ccccc12)NC(=O)[C@H](CO)NC(=O)CNC(=O)[C@@H](N)CO)C(=O)N1CCC[C@H]1C(=O)O. The molecule has 0 unspecified atom stereocenters. The third-order valence-corrected chi connectivity index (χ3v) is 12.9. The Morgan fingerprint density at radius 2 is 1.01 bits per heavy atom. The van der Waals surface area contributed by atoms with Gasteiger partial charge in [0.2, 0.25) is 59.1 Å². The van der Waals surface area contributed by atoms with Gasteiger partial charge in [0.15, 0.2) is 0 Å². The van der Waals surface area contributed by atoms with Crippen molar-refractivity contribution in [3.05, 3.63) is 72.1 Å². The minimum atomic E-state index is -1.83. The van der Waals surface area contributed by atoms with E-state index in [1.807, 2.05) is 0 Å². The number of carbonyl (C=O) groups is 12. The first-order valence-electron chi connectivity index (χ1n) is 25.2. The molecule has 2 aromatic carbocycles. The van der Waals surface area contributed by atoms with E-state index in [1.54, 1.807) is 54.7 Å². The average Bonchev–Trinajstić information content (AvgIpc) is 4.25. The number of carbonyl (C=O) groups excluding carboxylic acids is 10. The van der Waals surface area contributed by atoms with Gasteiger partial charge in [-0.25, -0.2) is 4.79 Å². The zero-order valence-corrected chi connectivity index (χ0v) is 43.0. The molecule has 4 aromatic rings. The minimum Gasteiger partial charge on any atom is -0.481 e. The largest absolute Gasteiger partial charge is 0.481 e. The number of rotatable bonds is 31. The van der Waals surface area contributed by atoms with Crippen LogP contribution in [0.25, 0.3) is 21.8 Å². The number of likely N-dealkylation sites (tertiary alicyclic amines) is 1. The lowest BCUT2D eigenvalue weighted by Crippen LogP contribution is -2.60. The lowest BCUT2D eigenvalue weighted by atomic mass is 10.0. The van der Waals surface area contributed by atoms with Crippen LogP contribution in [0, 0.1) is 0 Å². The third-order valence-electron chi connectivity index (χ3n) is 12.9. The molecule has 432 valence electrons. The molecule has 30 heteroatoms. The van der Waals surface area contributed by atoms with Crippen molar-refractivity contribution in [1.29, 1.82) is 0 Å². The number of para-hydroxylation sites is 2. The number of nitrogens with two attached hydrogens (primary N) is 2. The van der Waals surface area contributed by atoms with Crippen LogP contribution in [0.15, 0.2) is 60.9 Å². The summed E-state index contributed by atoms with van der Waals surface area (Å²) in [7, 11) is 0. The van der Waals surface area contributed by atoms with Crippen molar-refractivity contribution in [2.24, 2.45) is 11.5 Å². The average molecular weight is 1120 g/mol. The molecule has 0 aliphatic carbocycles. The van der Waals surface area contributed by atoms with E-state index < -0.39 is 172 Å². The number of aromatic nitrogens is 2. The fraction of sp³-hybridized carbons (Fsp3) is 0.440. The number of benzene rings is 2. The van der Waals surface area contributed by atoms with E-state index in [2.05, 4.69) is 52.5 Å². The number of fused-ring (bicyclic) bond motifs is 2. The van der Waals surface area contributed by atoms with E-state index in [0.29, 0.717) is 39.4 Å². The van der Waals surface area contributed by atoms with Gasteiger partial charge >= 0.3 is 11.9 Å². The Labute approximate surface area is 454 Å². The number of carboxylic acids is 2. The topological polar surface area (TPSA) is 489 Å². The maximum atomic E-state index is 14.2. The van der Waals surface area contributed by atoms with Crippen molar-refractivity contribution in [2.75, 3.05) is 39.5 Å². The number of aliphatic carboxylic acids is 2. The fourth-order valence-corrected chi connectivity index (χ4v) is 8.67. The lowest BCUT2D eigenvalue weighted by molar-refractivity contribution is -0.149. The second-order valence-electron chi connectivity index (χ2n) is 18.7. The number of carboxylic acid groups (broad SMARTS) is 2. The van der Waals surface area contributed by atoms with Crippen LogP contribution in [0.2, 0.25) is 0 Å². The summed E-state index contributed by atoms with van der Waals surface area (Å²) in [6.45, 7) is -4.36. The Hall–Kier alpha value is -9.00.